The average Bonchev–Trinajstić information content (AvgIpc) is 2.78. The van der Waals surface area contributed by atoms with Crippen LogP contribution in [0.15, 0.2) is 77.7 Å². The maximum atomic E-state index is 13.2. The molecule has 1 amide bonds. The van der Waals surface area contributed by atoms with Crippen molar-refractivity contribution in [3.63, 3.8) is 0 Å². The summed E-state index contributed by atoms with van der Waals surface area (Å²) in [5, 5.41) is 2.46. The SMILES string of the molecule is Cc1ccc2nc(COc3cccc(NC(=O)c4ccccc4C(F)(F)F)c3)cc(=O)n2c1. The van der Waals surface area contributed by atoms with Crippen LogP contribution in [-0.2, 0) is 12.8 Å². The molecule has 0 atom stereocenters. The van der Waals surface area contributed by atoms with E-state index in [0.29, 0.717) is 17.1 Å². The Labute approximate surface area is 186 Å². The largest absolute Gasteiger partial charge is 0.487 e. The van der Waals surface area contributed by atoms with Gasteiger partial charge in [-0.05, 0) is 42.8 Å². The summed E-state index contributed by atoms with van der Waals surface area (Å²) < 4.78 is 46.7. The van der Waals surface area contributed by atoms with Crippen LogP contribution in [0.4, 0.5) is 18.9 Å². The first-order valence-electron chi connectivity index (χ1n) is 9.90. The van der Waals surface area contributed by atoms with Crippen LogP contribution >= 0.6 is 0 Å². The van der Waals surface area contributed by atoms with Gasteiger partial charge in [0.1, 0.15) is 18.0 Å². The van der Waals surface area contributed by atoms with Crippen LogP contribution in [0.3, 0.4) is 0 Å². The molecule has 0 saturated carbocycles. The molecule has 4 aromatic rings. The predicted octanol–water partition coefficient (Wildman–Crippen LogP) is 4.85. The van der Waals surface area contributed by atoms with Crippen LogP contribution in [0.1, 0.15) is 27.2 Å². The van der Waals surface area contributed by atoms with Crippen LogP contribution in [0.25, 0.3) is 5.65 Å². The second kappa shape index (κ2) is 8.78. The van der Waals surface area contributed by atoms with Crippen LogP contribution in [-0.4, -0.2) is 15.3 Å². The number of pyridine rings is 1. The number of rotatable bonds is 5. The second-order valence-corrected chi connectivity index (χ2v) is 7.33. The summed E-state index contributed by atoms with van der Waals surface area (Å²) in [5.41, 5.74) is 0.342. The highest BCUT2D eigenvalue weighted by molar-refractivity contribution is 6.05. The molecule has 2 heterocycles. The molecule has 2 aromatic carbocycles. The van der Waals surface area contributed by atoms with Gasteiger partial charge in [-0.25, -0.2) is 4.98 Å². The van der Waals surface area contributed by atoms with Crippen molar-refractivity contribution < 1.29 is 22.7 Å². The highest BCUT2D eigenvalue weighted by atomic mass is 19.4. The van der Waals surface area contributed by atoms with Crippen molar-refractivity contribution in [2.24, 2.45) is 0 Å². The first kappa shape index (κ1) is 22.1. The quantitative estimate of drug-likeness (QED) is 0.469. The van der Waals surface area contributed by atoms with Crippen LogP contribution in [0.5, 0.6) is 5.75 Å². The Kier molecular flexibility index (Phi) is 5.87. The topological polar surface area (TPSA) is 72.7 Å². The number of carbonyl (C=O) groups is 1. The molecule has 4 rings (SSSR count). The molecular formula is C24H18F3N3O3. The van der Waals surface area contributed by atoms with E-state index in [1.807, 2.05) is 13.0 Å². The lowest BCUT2D eigenvalue weighted by Crippen LogP contribution is -2.18. The minimum atomic E-state index is -4.65. The zero-order chi connectivity index (χ0) is 23.6. The normalized spacial score (nSPS) is 11.4. The van der Waals surface area contributed by atoms with E-state index in [9.17, 15) is 22.8 Å². The molecule has 6 nitrogen and oxygen atoms in total. The Balaban J connectivity index is 1.49. The van der Waals surface area contributed by atoms with Crippen molar-refractivity contribution in [3.8, 4) is 5.75 Å². The van der Waals surface area contributed by atoms with E-state index >= 15 is 0 Å². The Hall–Kier alpha value is -4.14. The number of benzene rings is 2. The van der Waals surface area contributed by atoms with E-state index in [4.69, 9.17) is 4.74 Å². The van der Waals surface area contributed by atoms with Crippen LogP contribution in [0, 0.1) is 6.92 Å². The van der Waals surface area contributed by atoms with E-state index in [-0.39, 0.29) is 17.9 Å². The van der Waals surface area contributed by atoms with Gasteiger partial charge in [0.15, 0.2) is 0 Å². The second-order valence-electron chi connectivity index (χ2n) is 7.33. The number of hydrogen-bond donors (Lipinski definition) is 1. The van der Waals surface area contributed by atoms with Crippen molar-refractivity contribution in [1.29, 1.82) is 0 Å². The average molecular weight is 453 g/mol. The fourth-order valence-corrected chi connectivity index (χ4v) is 3.28. The number of ether oxygens (including phenoxy) is 1. The summed E-state index contributed by atoms with van der Waals surface area (Å²) in [4.78, 5) is 29.2. The van der Waals surface area contributed by atoms with Gasteiger partial charge in [-0.3, -0.25) is 14.0 Å². The maximum absolute atomic E-state index is 13.2. The van der Waals surface area contributed by atoms with Gasteiger partial charge in [0.05, 0.1) is 16.8 Å². The summed E-state index contributed by atoms with van der Waals surface area (Å²) >= 11 is 0. The van der Waals surface area contributed by atoms with Gasteiger partial charge in [0, 0.05) is 24.0 Å². The first-order valence-corrected chi connectivity index (χ1v) is 9.90. The zero-order valence-corrected chi connectivity index (χ0v) is 17.4. The molecule has 0 fully saturated rings. The molecule has 9 heteroatoms. The lowest BCUT2D eigenvalue weighted by molar-refractivity contribution is -0.137. The van der Waals surface area contributed by atoms with E-state index in [1.165, 1.54) is 34.7 Å². The Morgan fingerprint density at radius 3 is 2.64 bits per heavy atom. The van der Waals surface area contributed by atoms with Gasteiger partial charge in [0.25, 0.3) is 11.5 Å². The molecule has 0 bridgehead atoms. The number of amides is 1. The summed E-state index contributed by atoms with van der Waals surface area (Å²) in [5.74, 6) is -0.539. The molecule has 0 saturated heterocycles. The highest BCUT2D eigenvalue weighted by Gasteiger charge is 2.34. The smallest absolute Gasteiger partial charge is 0.417 e. The van der Waals surface area contributed by atoms with Crippen molar-refractivity contribution in [3.05, 3.63) is 106 Å². The van der Waals surface area contributed by atoms with Crippen LogP contribution < -0.4 is 15.6 Å². The Morgan fingerprint density at radius 1 is 1.06 bits per heavy atom. The molecule has 0 spiro atoms. The highest BCUT2D eigenvalue weighted by Crippen LogP contribution is 2.32. The van der Waals surface area contributed by atoms with Crippen molar-refractivity contribution in [2.75, 3.05) is 5.32 Å². The zero-order valence-electron chi connectivity index (χ0n) is 17.4. The summed E-state index contributed by atoms with van der Waals surface area (Å²) in [7, 11) is 0. The van der Waals surface area contributed by atoms with Gasteiger partial charge in [-0.15, -0.1) is 0 Å². The third kappa shape index (κ3) is 5.03. The predicted molar refractivity (Wildman–Crippen MR) is 116 cm³/mol. The van der Waals surface area contributed by atoms with Gasteiger partial charge >= 0.3 is 6.18 Å². The first-order chi connectivity index (χ1) is 15.7. The van der Waals surface area contributed by atoms with Gasteiger partial charge < -0.3 is 10.1 Å². The molecule has 0 aliphatic rings. The number of nitrogens with one attached hydrogen (secondary N) is 1. The third-order valence-electron chi connectivity index (χ3n) is 4.82. The number of alkyl halides is 3. The fraction of sp³-hybridized carbons (Fsp3) is 0.125. The maximum Gasteiger partial charge on any atom is 0.417 e. The molecule has 2 aromatic heterocycles. The van der Waals surface area contributed by atoms with Gasteiger partial charge in [-0.2, -0.15) is 13.2 Å². The van der Waals surface area contributed by atoms with Gasteiger partial charge in [0.2, 0.25) is 0 Å². The molecule has 0 radical (unpaired) electrons. The number of halogens is 3. The molecule has 168 valence electrons. The van der Waals surface area contributed by atoms with Crippen LogP contribution in [0.2, 0.25) is 0 Å². The Morgan fingerprint density at radius 2 is 1.85 bits per heavy atom. The number of aryl methyl sites for hydroxylation is 1. The number of fused-ring (bicyclic) bond motifs is 1. The molecule has 0 aliphatic carbocycles. The standard InChI is InChI=1S/C24H18F3N3O3/c1-15-9-10-21-28-17(12-22(31)30(21)13-15)14-33-18-6-4-5-16(11-18)29-23(32)19-7-2-3-8-20(19)24(25,26)27/h2-13H,14H2,1H3,(H,29,32). The minimum Gasteiger partial charge on any atom is -0.487 e. The summed E-state index contributed by atoms with van der Waals surface area (Å²) in [6.45, 7) is 1.87. The van der Waals surface area contributed by atoms with E-state index in [1.54, 1.807) is 24.4 Å². The minimum absolute atomic E-state index is 0.00603. The van der Waals surface area contributed by atoms with Gasteiger partial charge in [-0.1, -0.05) is 24.3 Å². The molecular weight excluding hydrogens is 435 g/mol. The monoisotopic (exact) mass is 453 g/mol. The lowest BCUT2D eigenvalue weighted by atomic mass is 10.1. The number of hydrogen-bond acceptors (Lipinski definition) is 4. The van der Waals surface area contributed by atoms with Crippen molar-refractivity contribution in [1.82, 2.24) is 9.38 Å². The number of nitrogens with zero attached hydrogens (tertiary/aromatic N) is 2. The number of aromatic nitrogens is 2. The molecule has 1 N–H and O–H groups in total. The molecule has 0 aliphatic heterocycles. The number of carbonyl (C=O) groups excluding carboxylic acids is 1. The van der Waals surface area contributed by atoms with E-state index in [0.717, 1.165) is 17.7 Å². The number of anilines is 1. The Bertz CT molecular complexity index is 1400. The molecule has 0 unspecified atom stereocenters. The summed E-state index contributed by atoms with van der Waals surface area (Å²) in [6.07, 6.45) is -2.96. The van der Waals surface area contributed by atoms with E-state index in [2.05, 4.69) is 10.3 Å². The lowest BCUT2D eigenvalue weighted by Gasteiger charge is -2.13. The molecule has 33 heavy (non-hydrogen) atoms. The van der Waals surface area contributed by atoms with Crippen molar-refractivity contribution in [2.45, 2.75) is 19.7 Å². The fourth-order valence-electron chi connectivity index (χ4n) is 3.28. The summed E-state index contributed by atoms with van der Waals surface area (Å²) in [6, 6.07) is 15.7. The van der Waals surface area contributed by atoms with Crippen molar-refractivity contribution >= 4 is 17.2 Å². The van der Waals surface area contributed by atoms with E-state index < -0.39 is 23.2 Å². The third-order valence-corrected chi connectivity index (χ3v) is 4.82.